The smallest absolute Gasteiger partial charge is 0.156 e. The van der Waals surface area contributed by atoms with Crippen LogP contribution in [0.5, 0.6) is 5.75 Å². The van der Waals surface area contributed by atoms with Crippen molar-refractivity contribution in [3.05, 3.63) is 48.4 Å². The Labute approximate surface area is 210 Å². The van der Waals surface area contributed by atoms with E-state index in [0.717, 1.165) is 57.9 Å². The number of aromatic nitrogens is 4. The van der Waals surface area contributed by atoms with Gasteiger partial charge in [0, 0.05) is 68.5 Å². The van der Waals surface area contributed by atoms with Crippen LogP contribution in [-0.4, -0.2) is 88.8 Å². The summed E-state index contributed by atoms with van der Waals surface area (Å²) in [5.41, 5.74) is 6.04. The third-order valence-electron chi connectivity index (χ3n) is 7.76. The van der Waals surface area contributed by atoms with E-state index in [2.05, 4.69) is 44.9 Å². The van der Waals surface area contributed by atoms with Crippen LogP contribution < -0.4 is 9.64 Å². The maximum absolute atomic E-state index is 5.57. The Bertz CT molecular complexity index is 1360. The molecule has 2 fully saturated rings. The van der Waals surface area contributed by atoms with Gasteiger partial charge < -0.3 is 14.5 Å². The fourth-order valence-electron chi connectivity index (χ4n) is 5.62. The van der Waals surface area contributed by atoms with Crippen molar-refractivity contribution in [2.75, 3.05) is 58.3 Å². The number of imidazole rings is 1. The zero-order chi connectivity index (χ0) is 23.9. The first-order valence-electron chi connectivity index (χ1n) is 12.6. The van der Waals surface area contributed by atoms with Crippen molar-refractivity contribution < 1.29 is 9.44 Å². The fraction of sp³-hybridized carbons (Fsp3) is 0.444. The number of hydrogen-bond acceptors (Lipinski definition) is 7. The zero-order valence-electron chi connectivity index (χ0n) is 21.2. The number of fused-ring (bicyclic) bond motifs is 2. The highest BCUT2D eigenvalue weighted by atomic mass is 19.0. The summed E-state index contributed by atoms with van der Waals surface area (Å²) in [7, 11) is 3.93. The molecule has 5 heterocycles. The summed E-state index contributed by atoms with van der Waals surface area (Å²) < 4.78 is 7.50. The molecule has 0 spiro atoms. The van der Waals surface area contributed by atoms with Crippen LogP contribution in [0.4, 0.5) is 10.4 Å². The Morgan fingerprint density at radius 2 is 1.72 bits per heavy atom. The molecule has 9 heteroatoms. The lowest BCUT2D eigenvalue weighted by molar-refractivity contribution is 0.0982. The molecule has 4 aromatic rings. The lowest BCUT2D eigenvalue weighted by Gasteiger charge is -2.42. The molecule has 0 N–H and O–H groups in total. The van der Waals surface area contributed by atoms with Crippen LogP contribution in [0.1, 0.15) is 18.4 Å². The molecule has 1 aromatic carbocycles. The number of piperazine rings is 1. The molecule has 0 atom stereocenters. The second-order valence-electron chi connectivity index (χ2n) is 9.88. The molecule has 0 aliphatic carbocycles. The fourth-order valence-corrected chi connectivity index (χ4v) is 5.62. The minimum absolute atomic E-state index is 0. The molecule has 3 aromatic heterocycles. The van der Waals surface area contributed by atoms with Gasteiger partial charge in [-0.15, -0.1) is 0 Å². The summed E-state index contributed by atoms with van der Waals surface area (Å²) in [6, 6.07) is 9.03. The van der Waals surface area contributed by atoms with Gasteiger partial charge in [-0.05, 0) is 50.6 Å². The Kier molecular flexibility index (Phi) is 6.77. The third kappa shape index (κ3) is 4.37. The monoisotopic (exact) mass is 491 g/mol. The van der Waals surface area contributed by atoms with Gasteiger partial charge in [-0.3, -0.25) is 14.6 Å². The van der Waals surface area contributed by atoms with E-state index in [-0.39, 0.29) is 4.70 Å². The average Bonchev–Trinajstić information content (AvgIpc) is 3.31. The number of pyridine rings is 1. The molecule has 0 unspecified atom stereocenters. The number of nitrogens with zero attached hydrogens (tertiary/aromatic N) is 7. The van der Waals surface area contributed by atoms with Gasteiger partial charge in [0.05, 0.1) is 36.4 Å². The minimum Gasteiger partial charge on any atom is -0.496 e. The molecule has 0 amide bonds. The van der Waals surface area contributed by atoms with Gasteiger partial charge in [0.1, 0.15) is 5.75 Å². The summed E-state index contributed by atoms with van der Waals surface area (Å²) in [4.78, 5) is 16.9. The predicted molar refractivity (Wildman–Crippen MR) is 142 cm³/mol. The molecule has 0 saturated carbocycles. The first-order chi connectivity index (χ1) is 17.1. The Morgan fingerprint density at radius 1 is 0.944 bits per heavy atom. The maximum Gasteiger partial charge on any atom is 0.156 e. The largest absolute Gasteiger partial charge is 0.496 e. The first kappa shape index (κ1) is 24.4. The van der Waals surface area contributed by atoms with Crippen molar-refractivity contribution in [1.82, 2.24) is 29.4 Å². The normalized spacial score (nSPS) is 18.0. The van der Waals surface area contributed by atoms with E-state index in [0.29, 0.717) is 6.04 Å². The van der Waals surface area contributed by atoms with Crippen molar-refractivity contribution in [2.45, 2.75) is 25.8 Å². The molecule has 0 radical (unpaired) electrons. The number of rotatable bonds is 4. The minimum atomic E-state index is 0. The number of methoxy groups -OCH3 is 1. The van der Waals surface area contributed by atoms with Gasteiger partial charge in [-0.2, -0.15) is 5.10 Å². The van der Waals surface area contributed by atoms with Gasteiger partial charge in [-0.1, -0.05) is 0 Å². The van der Waals surface area contributed by atoms with E-state index >= 15 is 0 Å². The molecule has 6 rings (SSSR count). The van der Waals surface area contributed by atoms with Crippen molar-refractivity contribution >= 4 is 22.2 Å². The Balaban J connectivity index is 0.00000267. The van der Waals surface area contributed by atoms with Gasteiger partial charge in [-0.25, -0.2) is 9.50 Å². The topological polar surface area (TPSA) is 62.0 Å². The van der Waals surface area contributed by atoms with Crippen LogP contribution in [-0.2, 0) is 0 Å². The number of anilines is 1. The van der Waals surface area contributed by atoms with Crippen molar-refractivity contribution in [1.29, 1.82) is 0 Å². The van der Waals surface area contributed by atoms with Crippen LogP contribution in [0.25, 0.3) is 27.8 Å². The highest BCUT2D eigenvalue weighted by Gasteiger charge is 2.27. The lowest BCUT2D eigenvalue weighted by atomic mass is 10.0. The van der Waals surface area contributed by atoms with Crippen molar-refractivity contribution in [2.24, 2.45) is 0 Å². The number of halogens is 1. The molecule has 190 valence electrons. The van der Waals surface area contributed by atoms with E-state index in [1.165, 1.54) is 39.0 Å². The van der Waals surface area contributed by atoms with Gasteiger partial charge >= 0.3 is 0 Å². The van der Waals surface area contributed by atoms with Crippen LogP contribution in [0, 0.1) is 6.92 Å². The first-order valence-corrected chi connectivity index (χ1v) is 12.6. The number of ether oxygens (including phenoxy) is 1. The summed E-state index contributed by atoms with van der Waals surface area (Å²) >= 11 is 0. The highest BCUT2D eigenvalue weighted by Crippen LogP contribution is 2.33. The molecular formula is C27H34FN7O. The molecule has 2 aliphatic heterocycles. The highest BCUT2D eigenvalue weighted by molar-refractivity contribution is 5.95. The van der Waals surface area contributed by atoms with E-state index in [9.17, 15) is 0 Å². The number of aryl methyl sites for hydroxylation is 1. The molecule has 0 bridgehead atoms. The van der Waals surface area contributed by atoms with E-state index in [1.807, 2.05) is 36.1 Å². The van der Waals surface area contributed by atoms with Crippen LogP contribution in [0.2, 0.25) is 0 Å². The Hall–Kier alpha value is -3.30. The number of hydrogen-bond donors (Lipinski definition) is 0. The van der Waals surface area contributed by atoms with Crippen molar-refractivity contribution in [3.63, 3.8) is 0 Å². The summed E-state index contributed by atoms with van der Waals surface area (Å²) in [5, 5.41) is 5.86. The Morgan fingerprint density at radius 3 is 2.47 bits per heavy atom. The van der Waals surface area contributed by atoms with Crippen molar-refractivity contribution in [3.8, 4) is 17.0 Å². The molecule has 36 heavy (non-hydrogen) atoms. The van der Waals surface area contributed by atoms with E-state index < -0.39 is 0 Å². The van der Waals surface area contributed by atoms with Crippen LogP contribution in [0.3, 0.4) is 0 Å². The molecular weight excluding hydrogens is 457 g/mol. The molecule has 2 aliphatic rings. The standard InChI is InChI=1S/C27H33N7O.FH/c1-19-14-24-23(16-26(19)35-3)22(4-7-28-24)25-18-29-27-15-21(17-30-34(25)27)32-8-5-20(6-9-32)33-12-10-31(2)11-13-33;/h4,7,14-18,20H,5-6,8-13H2,1-3H3;1H. The number of likely N-dealkylation sites (N-methyl/N-ethyl adjacent to an activating group) is 1. The summed E-state index contributed by atoms with van der Waals surface area (Å²) in [6.07, 6.45) is 8.16. The number of piperidine rings is 1. The van der Waals surface area contributed by atoms with Crippen LogP contribution in [0.15, 0.2) is 42.9 Å². The molecule has 8 nitrogen and oxygen atoms in total. The van der Waals surface area contributed by atoms with E-state index in [4.69, 9.17) is 14.8 Å². The zero-order valence-corrected chi connectivity index (χ0v) is 21.2. The van der Waals surface area contributed by atoms with Crippen LogP contribution >= 0.6 is 0 Å². The SMILES string of the molecule is COc1cc2c(-c3cnc4cc(N5CCC(N6CCN(C)CC6)CC5)cnn34)ccnc2cc1C.F. The predicted octanol–water partition coefficient (Wildman–Crippen LogP) is 3.63. The average molecular weight is 492 g/mol. The third-order valence-corrected chi connectivity index (χ3v) is 7.76. The molecule has 2 saturated heterocycles. The van der Waals surface area contributed by atoms with E-state index in [1.54, 1.807) is 7.11 Å². The number of benzene rings is 1. The lowest BCUT2D eigenvalue weighted by Crippen LogP contribution is -2.52. The maximum atomic E-state index is 5.57. The quantitative estimate of drug-likeness (QED) is 0.432. The summed E-state index contributed by atoms with van der Waals surface area (Å²) in [5.74, 6) is 0.857. The van der Waals surface area contributed by atoms with Gasteiger partial charge in [0.15, 0.2) is 5.65 Å². The van der Waals surface area contributed by atoms with Gasteiger partial charge in [0.25, 0.3) is 0 Å². The summed E-state index contributed by atoms with van der Waals surface area (Å²) in [6.45, 7) is 8.93. The second kappa shape index (κ2) is 9.99. The van der Waals surface area contributed by atoms with Gasteiger partial charge in [0.2, 0.25) is 0 Å². The second-order valence-corrected chi connectivity index (χ2v) is 9.88.